The molecule has 1 aliphatic heterocycles. The number of hydrogen-bond donors (Lipinski definition) is 0. The number of benzene rings is 1. The van der Waals surface area contributed by atoms with E-state index in [-0.39, 0.29) is 5.41 Å². The second-order valence-corrected chi connectivity index (χ2v) is 5.92. The molecule has 18 heavy (non-hydrogen) atoms. The fraction of sp³-hybridized carbons (Fsp3) is 0.500. The van der Waals surface area contributed by atoms with Gasteiger partial charge in [0.05, 0.1) is 24.3 Å². The third-order valence-corrected chi connectivity index (χ3v) is 3.64. The maximum atomic E-state index is 10.3. The largest absolute Gasteiger partial charge is 0.492 e. The van der Waals surface area contributed by atoms with Crippen molar-refractivity contribution in [3.05, 3.63) is 28.2 Å². The first-order chi connectivity index (χ1) is 8.63. The van der Waals surface area contributed by atoms with Crippen LogP contribution in [0, 0.1) is 5.41 Å². The summed E-state index contributed by atoms with van der Waals surface area (Å²) in [6.07, 6.45) is 2.27. The van der Waals surface area contributed by atoms with E-state index in [4.69, 9.17) is 9.47 Å². The van der Waals surface area contributed by atoms with Gasteiger partial charge >= 0.3 is 0 Å². The molecule has 98 valence electrons. The number of aryl methyl sites for hydroxylation is 1. The summed E-state index contributed by atoms with van der Waals surface area (Å²) in [5.41, 5.74) is 1.29. The second-order valence-electron chi connectivity index (χ2n) is 5.06. The van der Waals surface area contributed by atoms with Gasteiger partial charge in [0.2, 0.25) is 0 Å². The Balaban J connectivity index is 1.94. The molecule has 0 unspecified atom stereocenters. The summed E-state index contributed by atoms with van der Waals surface area (Å²) in [4.78, 5) is 10.3. The normalized spacial score (nSPS) is 17.0. The topological polar surface area (TPSA) is 35.5 Å². The Kier molecular flexibility index (Phi) is 4.40. The number of carbonyl (C=O) groups is 1. The Labute approximate surface area is 116 Å². The minimum absolute atomic E-state index is 0.148. The monoisotopic (exact) mass is 312 g/mol. The number of carbonyl (C=O) groups excluding carboxylic acids is 1. The first-order valence-electron chi connectivity index (χ1n) is 6.06. The highest BCUT2D eigenvalue weighted by Crippen LogP contribution is 2.31. The van der Waals surface area contributed by atoms with Crippen molar-refractivity contribution in [1.29, 1.82) is 0 Å². The molecule has 0 radical (unpaired) electrons. The summed E-state index contributed by atoms with van der Waals surface area (Å²) in [5.74, 6) is 0.845. The van der Waals surface area contributed by atoms with E-state index in [9.17, 15) is 4.79 Å². The first-order valence-corrected chi connectivity index (χ1v) is 6.85. The molecule has 0 aromatic heterocycles. The molecule has 0 spiro atoms. The van der Waals surface area contributed by atoms with Gasteiger partial charge in [-0.2, -0.15) is 0 Å². The van der Waals surface area contributed by atoms with Crippen molar-refractivity contribution in [3.8, 4) is 5.75 Å². The minimum atomic E-state index is 0.148. The van der Waals surface area contributed by atoms with Crippen LogP contribution >= 0.6 is 15.9 Å². The molecule has 1 fully saturated rings. The van der Waals surface area contributed by atoms with E-state index in [2.05, 4.69) is 22.9 Å². The molecule has 3 nitrogen and oxygen atoms in total. The first kappa shape index (κ1) is 13.6. The minimum Gasteiger partial charge on any atom is -0.492 e. The molecule has 1 aromatic carbocycles. The summed E-state index contributed by atoms with van der Waals surface area (Å²) in [6.45, 7) is 4.35. The predicted octanol–water partition coefficient (Wildman–Crippen LogP) is 3.00. The van der Waals surface area contributed by atoms with Crippen LogP contribution in [0.4, 0.5) is 0 Å². The lowest BCUT2D eigenvalue weighted by Gasteiger charge is -2.37. The average molecular weight is 313 g/mol. The molecule has 1 saturated heterocycles. The van der Waals surface area contributed by atoms with Crippen molar-refractivity contribution in [2.75, 3.05) is 19.8 Å². The summed E-state index contributed by atoms with van der Waals surface area (Å²) in [7, 11) is 0. The molecule has 0 atom stereocenters. The standard InChI is InChI=1S/C14H17BrO3/c1-14(8-17-9-14)10-18-13-5-4-11(3-2-6-16)7-12(13)15/h4-7H,2-3,8-10H2,1H3. The lowest BCUT2D eigenvalue weighted by Crippen LogP contribution is -2.44. The molecule has 1 aliphatic rings. The molecule has 1 aromatic rings. The van der Waals surface area contributed by atoms with Crippen molar-refractivity contribution in [2.45, 2.75) is 19.8 Å². The van der Waals surface area contributed by atoms with Gasteiger partial charge < -0.3 is 14.3 Å². The Morgan fingerprint density at radius 1 is 1.50 bits per heavy atom. The van der Waals surface area contributed by atoms with Gasteiger partial charge in [0.1, 0.15) is 12.0 Å². The van der Waals surface area contributed by atoms with Crippen LogP contribution in [0.3, 0.4) is 0 Å². The van der Waals surface area contributed by atoms with Crippen molar-refractivity contribution in [1.82, 2.24) is 0 Å². The predicted molar refractivity (Wildman–Crippen MR) is 72.9 cm³/mol. The smallest absolute Gasteiger partial charge is 0.133 e. The third-order valence-electron chi connectivity index (χ3n) is 3.02. The molecule has 0 amide bonds. The van der Waals surface area contributed by atoms with Crippen LogP contribution in [0.5, 0.6) is 5.75 Å². The second kappa shape index (κ2) is 5.85. The Bertz CT molecular complexity index is 427. The van der Waals surface area contributed by atoms with E-state index < -0.39 is 0 Å². The third kappa shape index (κ3) is 3.33. The SMILES string of the molecule is CC1(COc2ccc(CCC=O)cc2Br)COC1. The van der Waals surface area contributed by atoms with Crippen molar-refractivity contribution < 1.29 is 14.3 Å². The van der Waals surface area contributed by atoms with E-state index in [1.54, 1.807) is 0 Å². The molecule has 0 saturated carbocycles. The molecule has 2 rings (SSSR count). The van der Waals surface area contributed by atoms with E-state index in [0.717, 1.165) is 41.7 Å². The van der Waals surface area contributed by atoms with Crippen molar-refractivity contribution >= 4 is 22.2 Å². The fourth-order valence-corrected chi connectivity index (χ4v) is 2.37. The zero-order valence-corrected chi connectivity index (χ0v) is 12.0. The van der Waals surface area contributed by atoms with Gasteiger partial charge in [-0.1, -0.05) is 13.0 Å². The maximum absolute atomic E-state index is 10.3. The lowest BCUT2D eigenvalue weighted by molar-refractivity contribution is -0.120. The van der Waals surface area contributed by atoms with Crippen LogP contribution in [-0.2, 0) is 16.0 Å². The van der Waals surface area contributed by atoms with E-state index in [1.165, 1.54) is 0 Å². The molecule has 1 heterocycles. The average Bonchev–Trinajstić information content (AvgIpc) is 2.33. The number of hydrogen-bond acceptors (Lipinski definition) is 3. The highest BCUT2D eigenvalue weighted by molar-refractivity contribution is 9.10. The molecule has 0 aliphatic carbocycles. The van der Waals surface area contributed by atoms with Crippen molar-refractivity contribution in [2.24, 2.45) is 5.41 Å². The summed E-state index contributed by atoms with van der Waals surface area (Å²) in [5, 5.41) is 0. The highest BCUT2D eigenvalue weighted by atomic mass is 79.9. The van der Waals surface area contributed by atoms with Crippen molar-refractivity contribution in [3.63, 3.8) is 0 Å². The fourth-order valence-electron chi connectivity index (χ4n) is 1.83. The summed E-state index contributed by atoms with van der Waals surface area (Å²) >= 11 is 3.50. The zero-order chi connectivity index (χ0) is 13.0. The van der Waals surface area contributed by atoms with E-state index in [0.29, 0.717) is 13.0 Å². The Morgan fingerprint density at radius 3 is 2.83 bits per heavy atom. The molecule has 0 N–H and O–H groups in total. The van der Waals surface area contributed by atoms with Crippen LogP contribution in [0.2, 0.25) is 0 Å². The highest BCUT2D eigenvalue weighted by Gasteiger charge is 2.34. The molecular weight excluding hydrogens is 296 g/mol. The maximum Gasteiger partial charge on any atom is 0.133 e. The number of halogens is 1. The van der Waals surface area contributed by atoms with Crippen LogP contribution in [0.25, 0.3) is 0 Å². The number of rotatable bonds is 6. The molecule has 0 bridgehead atoms. The van der Waals surface area contributed by atoms with Gasteiger partial charge in [-0.3, -0.25) is 0 Å². The van der Waals surface area contributed by atoms with Gasteiger partial charge in [-0.25, -0.2) is 0 Å². The molecular formula is C14H17BrO3. The zero-order valence-electron chi connectivity index (χ0n) is 10.4. The van der Waals surface area contributed by atoms with E-state index >= 15 is 0 Å². The van der Waals surface area contributed by atoms with Gasteiger partial charge in [-0.05, 0) is 40.0 Å². The van der Waals surface area contributed by atoms with Crippen LogP contribution in [0.15, 0.2) is 22.7 Å². The summed E-state index contributed by atoms with van der Waals surface area (Å²) < 4.78 is 11.9. The van der Waals surface area contributed by atoms with Gasteiger partial charge in [0.25, 0.3) is 0 Å². The van der Waals surface area contributed by atoms with Crippen LogP contribution in [-0.4, -0.2) is 26.1 Å². The lowest BCUT2D eigenvalue weighted by atomic mass is 9.90. The van der Waals surface area contributed by atoms with Crippen LogP contribution < -0.4 is 4.74 Å². The quantitative estimate of drug-likeness (QED) is 0.758. The Morgan fingerprint density at radius 2 is 2.28 bits per heavy atom. The van der Waals surface area contributed by atoms with Gasteiger partial charge in [-0.15, -0.1) is 0 Å². The van der Waals surface area contributed by atoms with Gasteiger partial charge in [0, 0.05) is 11.8 Å². The number of ether oxygens (including phenoxy) is 2. The number of aldehydes is 1. The van der Waals surface area contributed by atoms with Gasteiger partial charge in [0.15, 0.2) is 0 Å². The summed E-state index contributed by atoms with van der Waals surface area (Å²) in [6, 6.07) is 5.97. The Hall–Kier alpha value is -0.870. The van der Waals surface area contributed by atoms with E-state index in [1.807, 2.05) is 18.2 Å². The molecule has 4 heteroatoms. The van der Waals surface area contributed by atoms with Crippen LogP contribution in [0.1, 0.15) is 18.9 Å².